The van der Waals surface area contributed by atoms with E-state index in [9.17, 15) is 0 Å². The van der Waals surface area contributed by atoms with E-state index in [1.54, 1.807) is 15.9 Å². The van der Waals surface area contributed by atoms with Gasteiger partial charge in [0.1, 0.15) is 5.15 Å². The van der Waals surface area contributed by atoms with Crippen molar-refractivity contribution in [3.05, 3.63) is 46.7 Å². The van der Waals surface area contributed by atoms with Crippen LogP contribution in [-0.4, -0.2) is 39.7 Å². The Kier molecular flexibility index (Phi) is 6.75. The maximum Gasteiger partial charge on any atom is 0.189 e. The summed E-state index contributed by atoms with van der Waals surface area (Å²) in [6.45, 7) is 4.90. The van der Waals surface area contributed by atoms with Crippen LogP contribution in [0.25, 0.3) is 5.69 Å². The lowest BCUT2D eigenvalue weighted by molar-refractivity contribution is 0.530. The summed E-state index contributed by atoms with van der Waals surface area (Å²) in [7, 11) is 1.81. The molecule has 7 heteroatoms. The van der Waals surface area contributed by atoms with Gasteiger partial charge in [0.25, 0.3) is 0 Å². The van der Waals surface area contributed by atoms with Gasteiger partial charge in [-0.1, -0.05) is 43.1 Å². The van der Waals surface area contributed by atoms with Gasteiger partial charge in [-0.3, -0.25) is 0 Å². The van der Waals surface area contributed by atoms with Crippen molar-refractivity contribution >= 4 is 35.1 Å². The standard InChI is InChI=1S/C17H22ClN5S/c1-4-5-11-19-17(24)22(3)20-12-15-13(2)21-23(16(15)18)14-9-7-6-8-10-14/h6-10,12H,4-5,11H2,1-3H3,(H,19,24). The minimum atomic E-state index is 0.528. The molecule has 1 heterocycles. The lowest BCUT2D eigenvalue weighted by atomic mass is 10.3. The van der Waals surface area contributed by atoms with Crippen LogP contribution in [0.2, 0.25) is 5.15 Å². The Labute approximate surface area is 153 Å². The van der Waals surface area contributed by atoms with Crippen LogP contribution in [0.15, 0.2) is 35.4 Å². The van der Waals surface area contributed by atoms with E-state index in [0.717, 1.165) is 36.3 Å². The number of hydrazone groups is 1. The maximum absolute atomic E-state index is 6.47. The van der Waals surface area contributed by atoms with Crippen molar-refractivity contribution < 1.29 is 0 Å². The fraction of sp³-hybridized carbons (Fsp3) is 0.353. The second-order valence-corrected chi connectivity index (χ2v) is 6.14. The number of para-hydroxylation sites is 1. The zero-order valence-corrected chi connectivity index (χ0v) is 15.7. The van der Waals surface area contributed by atoms with E-state index >= 15 is 0 Å². The predicted octanol–water partition coefficient (Wildman–Crippen LogP) is 3.77. The number of hydrogen-bond acceptors (Lipinski definition) is 3. The molecule has 1 aromatic carbocycles. The summed E-state index contributed by atoms with van der Waals surface area (Å²) >= 11 is 11.8. The summed E-state index contributed by atoms with van der Waals surface area (Å²) in [5.41, 5.74) is 2.50. The Morgan fingerprint density at radius 1 is 1.42 bits per heavy atom. The van der Waals surface area contributed by atoms with E-state index in [1.807, 2.05) is 44.3 Å². The second-order valence-electron chi connectivity index (χ2n) is 5.39. The highest BCUT2D eigenvalue weighted by molar-refractivity contribution is 7.80. The SMILES string of the molecule is CCCCNC(=S)N(C)N=Cc1c(C)nn(-c2ccccc2)c1Cl. The molecule has 0 saturated heterocycles. The Bertz CT molecular complexity index is 711. The van der Waals surface area contributed by atoms with E-state index in [4.69, 9.17) is 23.8 Å². The molecule has 2 aromatic rings. The number of aryl methyl sites for hydroxylation is 1. The molecule has 1 N–H and O–H groups in total. The molecule has 0 aliphatic rings. The average molecular weight is 364 g/mol. The van der Waals surface area contributed by atoms with Gasteiger partial charge in [-0.2, -0.15) is 10.2 Å². The highest BCUT2D eigenvalue weighted by Crippen LogP contribution is 2.21. The first kappa shape index (κ1) is 18.4. The van der Waals surface area contributed by atoms with Gasteiger partial charge in [-0.05, 0) is 37.7 Å². The number of nitrogens with zero attached hydrogens (tertiary/aromatic N) is 4. The van der Waals surface area contributed by atoms with Crippen molar-refractivity contribution in [3.63, 3.8) is 0 Å². The van der Waals surface area contributed by atoms with E-state index in [2.05, 4.69) is 22.4 Å². The molecule has 0 fully saturated rings. The van der Waals surface area contributed by atoms with Crippen molar-refractivity contribution in [2.24, 2.45) is 5.10 Å². The van der Waals surface area contributed by atoms with Crippen LogP contribution >= 0.6 is 23.8 Å². The average Bonchev–Trinajstić information content (AvgIpc) is 2.88. The summed E-state index contributed by atoms with van der Waals surface area (Å²) in [4.78, 5) is 0. The number of rotatable bonds is 6. The molecule has 0 spiro atoms. The maximum atomic E-state index is 6.47. The predicted molar refractivity (Wildman–Crippen MR) is 104 cm³/mol. The molecule has 128 valence electrons. The van der Waals surface area contributed by atoms with Crippen molar-refractivity contribution in [2.75, 3.05) is 13.6 Å². The normalized spacial score (nSPS) is 11.0. The van der Waals surface area contributed by atoms with Crippen LogP contribution in [0.3, 0.4) is 0 Å². The molecule has 1 aromatic heterocycles. The fourth-order valence-corrected chi connectivity index (χ4v) is 2.55. The lowest BCUT2D eigenvalue weighted by Gasteiger charge is -2.15. The number of unbranched alkanes of at least 4 members (excludes halogenated alkanes) is 1. The summed E-state index contributed by atoms with van der Waals surface area (Å²) < 4.78 is 1.70. The smallest absolute Gasteiger partial charge is 0.189 e. The van der Waals surface area contributed by atoms with E-state index in [0.29, 0.717) is 10.3 Å². The Hall–Kier alpha value is -1.92. The third kappa shape index (κ3) is 4.55. The Balaban J connectivity index is 2.12. The second kappa shape index (κ2) is 8.80. The molecule has 0 radical (unpaired) electrons. The number of halogens is 1. The third-order valence-electron chi connectivity index (χ3n) is 3.51. The largest absolute Gasteiger partial charge is 0.361 e. The van der Waals surface area contributed by atoms with Gasteiger partial charge in [0.2, 0.25) is 0 Å². The first-order chi connectivity index (χ1) is 11.5. The molecule has 0 aliphatic heterocycles. The molecular formula is C17H22ClN5S. The minimum absolute atomic E-state index is 0.528. The molecule has 0 atom stereocenters. The monoisotopic (exact) mass is 363 g/mol. The highest BCUT2D eigenvalue weighted by atomic mass is 35.5. The number of benzene rings is 1. The molecule has 2 rings (SSSR count). The minimum Gasteiger partial charge on any atom is -0.361 e. The Morgan fingerprint density at radius 2 is 2.12 bits per heavy atom. The zero-order valence-electron chi connectivity index (χ0n) is 14.2. The molecule has 0 aliphatic carbocycles. The van der Waals surface area contributed by atoms with Crippen LogP contribution in [0.4, 0.5) is 0 Å². The number of aromatic nitrogens is 2. The van der Waals surface area contributed by atoms with Gasteiger partial charge in [-0.15, -0.1) is 0 Å². The van der Waals surface area contributed by atoms with Crippen LogP contribution in [0.1, 0.15) is 31.0 Å². The van der Waals surface area contributed by atoms with E-state index in [-0.39, 0.29) is 0 Å². The summed E-state index contributed by atoms with van der Waals surface area (Å²) in [6, 6.07) is 9.77. The van der Waals surface area contributed by atoms with Crippen molar-refractivity contribution in [1.29, 1.82) is 0 Å². The van der Waals surface area contributed by atoms with Crippen LogP contribution in [0.5, 0.6) is 0 Å². The van der Waals surface area contributed by atoms with Crippen molar-refractivity contribution in [3.8, 4) is 5.69 Å². The van der Waals surface area contributed by atoms with Crippen molar-refractivity contribution in [1.82, 2.24) is 20.1 Å². The highest BCUT2D eigenvalue weighted by Gasteiger charge is 2.13. The van der Waals surface area contributed by atoms with Crippen LogP contribution < -0.4 is 5.32 Å². The van der Waals surface area contributed by atoms with Crippen molar-refractivity contribution in [2.45, 2.75) is 26.7 Å². The van der Waals surface area contributed by atoms with E-state index < -0.39 is 0 Å². The summed E-state index contributed by atoms with van der Waals surface area (Å²) in [5.74, 6) is 0. The topological polar surface area (TPSA) is 45.4 Å². The van der Waals surface area contributed by atoms with Gasteiger partial charge >= 0.3 is 0 Å². The van der Waals surface area contributed by atoms with Crippen LogP contribution in [0, 0.1) is 6.92 Å². The molecular weight excluding hydrogens is 342 g/mol. The summed E-state index contributed by atoms with van der Waals surface area (Å²) in [6.07, 6.45) is 3.89. The third-order valence-corrected chi connectivity index (χ3v) is 4.28. The van der Waals surface area contributed by atoms with Gasteiger partial charge < -0.3 is 5.32 Å². The first-order valence-electron chi connectivity index (χ1n) is 7.90. The molecule has 0 saturated carbocycles. The van der Waals surface area contributed by atoms with Gasteiger partial charge in [0.05, 0.1) is 23.2 Å². The number of hydrogen-bond donors (Lipinski definition) is 1. The van der Waals surface area contributed by atoms with Gasteiger partial charge in [-0.25, -0.2) is 9.69 Å². The lowest BCUT2D eigenvalue weighted by Crippen LogP contribution is -2.34. The fourth-order valence-electron chi connectivity index (χ4n) is 2.08. The molecule has 5 nitrogen and oxygen atoms in total. The molecule has 0 unspecified atom stereocenters. The molecule has 0 bridgehead atoms. The number of thiocarbonyl (C=S) groups is 1. The Morgan fingerprint density at radius 3 is 2.79 bits per heavy atom. The molecule has 0 amide bonds. The van der Waals surface area contributed by atoms with E-state index in [1.165, 1.54) is 0 Å². The quantitative estimate of drug-likeness (QED) is 0.367. The zero-order chi connectivity index (χ0) is 17.5. The van der Waals surface area contributed by atoms with Gasteiger partial charge in [0, 0.05) is 13.6 Å². The molecule has 24 heavy (non-hydrogen) atoms. The first-order valence-corrected chi connectivity index (χ1v) is 8.69. The van der Waals surface area contributed by atoms with Crippen LogP contribution in [-0.2, 0) is 0 Å². The number of nitrogens with one attached hydrogen (secondary N) is 1. The summed E-state index contributed by atoms with van der Waals surface area (Å²) in [5, 5.41) is 14.8. The van der Waals surface area contributed by atoms with Gasteiger partial charge in [0.15, 0.2) is 5.11 Å².